The van der Waals surface area contributed by atoms with Gasteiger partial charge in [0.15, 0.2) is 0 Å². The monoisotopic (exact) mass is 445 g/mol. The van der Waals surface area contributed by atoms with Crippen molar-refractivity contribution in [3.63, 3.8) is 0 Å². The molecule has 3 amide bonds. The lowest BCUT2D eigenvalue weighted by Gasteiger charge is -2.27. The number of hydrogen-bond acceptors (Lipinski definition) is 3. The molecule has 0 bridgehead atoms. The number of nitrogens with zero attached hydrogens (tertiary/aromatic N) is 2. The van der Waals surface area contributed by atoms with Gasteiger partial charge < -0.3 is 19.5 Å². The lowest BCUT2D eigenvalue weighted by molar-refractivity contribution is -0.132. The third kappa shape index (κ3) is 7.10. The predicted molar refractivity (Wildman–Crippen MR) is 131 cm³/mol. The Kier molecular flexibility index (Phi) is 8.47. The number of anilines is 1. The number of amides is 3. The van der Waals surface area contributed by atoms with Crippen molar-refractivity contribution in [2.45, 2.75) is 26.8 Å². The number of carbonyl (C=O) groups excluding carboxylic acids is 2. The molecule has 6 nitrogen and oxygen atoms in total. The Balaban J connectivity index is 1.69. The Bertz CT molecular complexity index is 1060. The minimum absolute atomic E-state index is 0.0573. The van der Waals surface area contributed by atoms with Crippen molar-refractivity contribution >= 4 is 17.6 Å². The van der Waals surface area contributed by atoms with Crippen molar-refractivity contribution in [2.24, 2.45) is 0 Å². The first-order valence-electron chi connectivity index (χ1n) is 11.0. The molecule has 1 aromatic heterocycles. The molecule has 0 saturated heterocycles. The molecule has 0 fully saturated rings. The fourth-order valence-corrected chi connectivity index (χ4v) is 3.45. The molecule has 0 unspecified atom stereocenters. The molecule has 3 aromatic rings. The second kappa shape index (κ2) is 11.7. The highest BCUT2D eigenvalue weighted by atomic mass is 16.3. The van der Waals surface area contributed by atoms with Crippen molar-refractivity contribution < 1.29 is 14.0 Å². The first kappa shape index (κ1) is 23.9. The van der Waals surface area contributed by atoms with E-state index in [1.54, 1.807) is 23.3 Å². The summed E-state index contributed by atoms with van der Waals surface area (Å²) in [5.74, 6) is 0.547. The van der Waals surface area contributed by atoms with Gasteiger partial charge in [-0.15, -0.1) is 6.58 Å². The summed E-state index contributed by atoms with van der Waals surface area (Å²) in [4.78, 5) is 29.4. The number of rotatable bonds is 10. The van der Waals surface area contributed by atoms with E-state index in [0.29, 0.717) is 31.0 Å². The Labute approximate surface area is 195 Å². The maximum atomic E-state index is 13.3. The molecule has 1 N–H and O–H groups in total. The van der Waals surface area contributed by atoms with Crippen LogP contribution in [-0.4, -0.2) is 41.4 Å². The van der Waals surface area contributed by atoms with Crippen LogP contribution in [0.25, 0.3) is 0 Å². The van der Waals surface area contributed by atoms with Gasteiger partial charge in [0.2, 0.25) is 5.91 Å². The van der Waals surface area contributed by atoms with Crippen LogP contribution in [0.4, 0.5) is 10.5 Å². The van der Waals surface area contributed by atoms with E-state index in [4.69, 9.17) is 4.42 Å². The number of aryl methyl sites for hydroxylation is 2. The summed E-state index contributed by atoms with van der Waals surface area (Å²) in [6, 6.07) is 19.1. The van der Waals surface area contributed by atoms with E-state index in [1.807, 2.05) is 68.4 Å². The summed E-state index contributed by atoms with van der Waals surface area (Å²) in [6.07, 6.45) is 3.92. The average molecular weight is 446 g/mol. The van der Waals surface area contributed by atoms with Crippen LogP contribution in [0.5, 0.6) is 0 Å². The Morgan fingerprint density at radius 3 is 2.45 bits per heavy atom. The quantitative estimate of drug-likeness (QED) is 0.437. The summed E-state index contributed by atoms with van der Waals surface area (Å²) in [6.45, 7) is 8.83. The molecule has 0 aliphatic rings. The van der Waals surface area contributed by atoms with Gasteiger partial charge in [0.1, 0.15) is 12.3 Å². The number of benzene rings is 2. The molecule has 1 heterocycles. The first-order chi connectivity index (χ1) is 16.0. The molecule has 0 aliphatic heterocycles. The van der Waals surface area contributed by atoms with Gasteiger partial charge in [-0.05, 0) is 61.2 Å². The van der Waals surface area contributed by atoms with Gasteiger partial charge in [0.25, 0.3) is 0 Å². The zero-order chi connectivity index (χ0) is 23.6. The highest BCUT2D eigenvalue weighted by molar-refractivity contribution is 5.92. The highest BCUT2D eigenvalue weighted by Gasteiger charge is 2.22. The minimum atomic E-state index is -0.340. The number of nitrogens with one attached hydrogen (secondary N) is 1. The van der Waals surface area contributed by atoms with Crippen LogP contribution in [0.1, 0.15) is 22.5 Å². The van der Waals surface area contributed by atoms with E-state index < -0.39 is 0 Å². The van der Waals surface area contributed by atoms with Crippen molar-refractivity contribution in [2.75, 3.05) is 25.0 Å². The fourth-order valence-electron chi connectivity index (χ4n) is 3.45. The Morgan fingerprint density at radius 1 is 1.00 bits per heavy atom. The van der Waals surface area contributed by atoms with Crippen LogP contribution in [0.2, 0.25) is 0 Å². The average Bonchev–Trinajstić information content (AvgIpc) is 3.32. The summed E-state index contributed by atoms with van der Waals surface area (Å²) < 4.78 is 5.46. The predicted octanol–water partition coefficient (Wildman–Crippen LogP) is 5.19. The molecule has 0 spiro atoms. The van der Waals surface area contributed by atoms with Crippen molar-refractivity contribution in [3.05, 3.63) is 102 Å². The van der Waals surface area contributed by atoms with E-state index in [9.17, 15) is 9.59 Å². The molecular weight excluding hydrogens is 414 g/mol. The molecule has 33 heavy (non-hydrogen) atoms. The Hall–Kier alpha value is -3.80. The summed E-state index contributed by atoms with van der Waals surface area (Å²) in [7, 11) is 0. The van der Waals surface area contributed by atoms with Gasteiger partial charge in [-0.3, -0.25) is 4.79 Å². The molecule has 0 saturated carbocycles. The van der Waals surface area contributed by atoms with Gasteiger partial charge in [-0.1, -0.05) is 42.5 Å². The zero-order valence-electron chi connectivity index (χ0n) is 19.3. The van der Waals surface area contributed by atoms with E-state index in [0.717, 1.165) is 16.7 Å². The number of furan rings is 1. The highest BCUT2D eigenvalue weighted by Crippen LogP contribution is 2.15. The molecule has 2 aromatic carbocycles. The first-order valence-corrected chi connectivity index (χ1v) is 11.0. The molecule has 0 atom stereocenters. The fraction of sp³-hybridized carbons (Fsp3) is 0.259. The normalized spacial score (nSPS) is 10.5. The minimum Gasteiger partial charge on any atom is -0.467 e. The third-order valence-electron chi connectivity index (χ3n) is 5.51. The summed E-state index contributed by atoms with van der Waals surface area (Å²) >= 11 is 0. The zero-order valence-corrected chi connectivity index (χ0v) is 19.3. The third-order valence-corrected chi connectivity index (χ3v) is 5.51. The molecular formula is C27H31N3O3. The smallest absolute Gasteiger partial charge is 0.322 e. The second-order valence-electron chi connectivity index (χ2n) is 8.03. The van der Waals surface area contributed by atoms with Crippen LogP contribution < -0.4 is 5.32 Å². The van der Waals surface area contributed by atoms with Crippen molar-refractivity contribution in [1.82, 2.24) is 9.80 Å². The van der Waals surface area contributed by atoms with Crippen LogP contribution in [0.15, 0.2) is 84.0 Å². The van der Waals surface area contributed by atoms with Gasteiger partial charge >= 0.3 is 6.03 Å². The maximum Gasteiger partial charge on any atom is 0.322 e. The molecule has 0 aliphatic carbocycles. The topological polar surface area (TPSA) is 65.8 Å². The number of hydrogen-bond donors (Lipinski definition) is 1. The molecule has 6 heteroatoms. The number of urea groups is 1. The Morgan fingerprint density at radius 2 is 1.79 bits per heavy atom. The van der Waals surface area contributed by atoms with E-state index in [2.05, 4.69) is 11.9 Å². The van der Waals surface area contributed by atoms with E-state index >= 15 is 0 Å². The number of carbonyl (C=O) groups is 2. The summed E-state index contributed by atoms with van der Waals surface area (Å²) in [5.41, 5.74) is 4.08. The van der Waals surface area contributed by atoms with Crippen molar-refractivity contribution in [1.29, 1.82) is 0 Å². The molecule has 0 radical (unpaired) electrons. The van der Waals surface area contributed by atoms with E-state index in [1.165, 1.54) is 4.90 Å². The van der Waals surface area contributed by atoms with Crippen LogP contribution in [-0.2, 0) is 17.8 Å². The lowest BCUT2D eigenvalue weighted by atomic mass is 10.1. The maximum absolute atomic E-state index is 13.3. The van der Waals surface area contributed by atoms with Crippen molar-refractivity contribution in [3.8, 4) is 0 Å². The molecule has 3 rings (SSSR count). The largest absolute Gasteiger partial charge is 0.467 e. The van der Waals surface area contributed by atoms with Gasteiger partial charge in [-0.2, -0.15) is 0 Å². The molecule has 172 valence electrons. The van der Waals surface area contributed by atoms with Gasteiger partial charge in [-0.25, -0.2) is 4.79 Å². The van der Waals surface area contributed by atoms with Crippen LogP contribution in [0, 0.1) is 13.8 Å². The standard InChI is InChI=1S/C27H31N3O3/c1-4-15-30(27(32)28-24-13-12-21(2)22(3)18-24)20-26(31)29(19-25-11-8-17-33-25)16-14-23-9-6-5-7-10-23/h4-13,17-18H,1,14-16,19-20H2,2-3H3,(H,28,32). The van der Waals surface area contributed by atoms with Crippen LogP contribution in [0.3, 0.4) is 0 Å². The van der Waals surface area contributed by atoms with Crippen LogP contribution >= 0.6 is 0 Å². The SMILES string of the molecule is C=CCN(CC(=O)N(CCc1ccccc1)Cc1ccco1)C(=O)Nc1ccc(C)c(C)c1. The summed E-state index contributed by atoms with van der Waals surface area (Å²) in [5, 5.41) is 2.89. The van der Waals surface area contributed by atoms with E-state index in [-0.39, 0.29) is 25.0 Å². The second-order valence-corrected chi connectivity index (χ2v) is 8.03. The lowest BCUT2D eigenvalue weighted by Crippen LogP contribution is -2.44. The van der Waals surface area contributed by atoms with Gasteiger partial charge in [0, 0.05) is 18.8 Å². The van der Waals surface area contributed by atoms with Gasteiger partial charge in [0.05, 0.1) is 12.8 Å².